The van der Waals surface area contributed by atoms with Crippen LogP contribution in [0.5, 0.6) is 0 Å². The minimum Gasteiger partial charge on any atom is -0.410 e. The number of benzene rings is 1. The Balaban J connectivity index is 2.34. The highest BCUT2D eigenvalue weighted by Gasteiger charge is 2.48. The van der Waals surface area contributed by atoms with E-state index in [4.69, 9.17) is 4.43 Å². The molecule has 2 nitrogen and oxygen atoms in total. The molecular weight excluding hydrogens is 312 g/mol. The molecule has 1 aromatic carbocycles. The van der Waals surface area contributed by atoms with Gasteiger partial charge in [-0.15, -0.1) is 0 Å². The predicted molar refractivity (Wildman–Crippen MR) is 104 cm³/mol. The summed E-state index contributed by atoms with van der Waals surface area (Å²) >= 11 is 0. The Bertz CT molecular complexity index is 568. The van der Waals surface area contributed by atoms with Gasteiger partial charge >= 0.3 is 0 Å². The second-order valence-electron chi connectivity index (χ2n) is 9.67. The van der Waals surface area contributed by atoms with Gasteiger partial charge in [0.15, 0.2) is 8.32 Å². The minimum atomic E-state index is -1.77. The fourth-order valence-corrected chi connectivity index (χ4v) is 4.84. The lowest BCUT2D eigenvalue weighted by molar-refractivity contribution is -0.141. The smallest absolute Gasteiger partial charge is 0.184 e. The highest BCUT2D eigenvalue weighted by Crippen LogP contribution is 2.50. The number of hydrogen-bond donors (Lipinski definition) is 0. The van der Waals surface area contributed by atoms with Gasteiger partial charge in [0.1, 0.15) is 5.78 Å². The van der Waals surface area contributed by atoms with Crippen LogP contribution < -0.4 is 0 Å². The SMILES string of the molecule is CC(C)(C)[C@H]1CC[C@](C)([C@@H](O[Si](C)(C)C)c2ccccc2)C(=O)C1. The Hall–Kier alpha value is -0.933. The lowest BCUT2D eigenvalue weighted by atomic mass is 9.61. The first kappa shape index (κ1) is 19.4. The fraction of sp³-hybridized carbons (Fsp3) is 0.667. The molecule has 1 saturated carbocycles. The zero-order valence-electron chi connectivity index (χ0n) is 16.5. The molecule has 0 N–H and O–H groups in total. The number of rotatable bonds is 4. The maximum Gasteiger partial charge on any atom is 0.184 e. The summed E-state index contributed by atoms with van der Waals surface area (Å²) in [4.78, 5) is 13.2. The lowest BCUT2D eigenvalue weighted by Crippen LogP contribution is -2.45. The molecule has 0 heterocycles. The standard InChI is InChI=1S/C21H34O2Si/c1-20(2,3)17-13-14-21(4,18(22)15-17)19(23-24(5,6)7)16-11-9-8-10-12-16/h8-12,17,19H,13-15H2,1-7H3/t17-,19-,21-/m0/s1. The average molecular weight is 347 g/mol. The van der Waals surface area contributed by atoms with Crippen molar-refractivity contribution < 1.29 is 9.22 Å². The quantitative estimate of drug-likeness (QED) is 0.625. The van der Waals surface area contributed by atoms with E-state index in [-0.39, 0.29) is 11.5 Å². The average Bonchev–Trinajstić information content (AvgIpc) is 2.46. The molecule has 1 aliphatic rings. The Labute approximate surface area is 149 Å². The molecule has 0 aliphatic heterocycles. The molecule has 1 aliphatic carbocycles. The molecule has 2 rings (SSSR count). The number of ketones is 1. The molecule has 1 aromatic rings. The molecule has 0 saturated heterocycles. The van der Waals surface area contributed by atoms with E-state index in [0.29, 0.717) is 18.1 Å². The van der Waals surface area contributed by atoms with Crippen molar-refractivity contribution in [3.8, 4) is 0 Å². The van der Waals surface area contributed by atoms with Gasteiger partial charge in [-0.25, -0.2) is 0 Å². The van der Waals surface area contributed by atoms with E-state index in [1.807, 2.05) is 18.2 Å². The van der Waals surface area contributed by atoms with Gasteiger partial charge in [0.2, 0.25) is 0 Å². The summed E-state index contributed by atoms with van der Waals surface area (Å²) in [6, 6.07) is 10.3. The van der Waals surface area contributed by atoms with Gasteiger partial charge in [-0.1, -0.05) is 51.1 Å². The molecule has 3 atom stereocenters. The Morgan fingerprint density at radius 1 is 1.17 bits per heavy atom. The van der Waals surface area contributed by atoms with Crippen molar-refractivity contribution in [1.29, 1.82) is 0 Å². The number of hydrogen-bond acceptors (Lipinski definition) is 2. The minimum absolute atomic E-state index is 0.126. The molecule has 0 aromatic heterocycles. The van der Waals surface area contributed by atoms with E-state index < -0.39 is 13.7 Å². The largest absolute Gasteiger partial charge is 0.410 e. The zero-order chi connectivity index (χ0) is 18.2. The van der Waals surface area contributed by atoms with E-state index in [1.165, 1.54) is 0 Å². The highest BCUT2D eigenvalue weighted by atomic mass is 28.4. The first-order valence-electron chi connectivity index (χ1n) is 9.19. The summed E-state index contributed by atoms with van der Waals surface area (Å²) in [6.45, 7) is 15.5. The van der Waals surface area contributed by atoms with Crippen molar-refractivity contribution in [2.45, 2.75) is 72.7 Å². The topological polar surface area (TPSA) is 26.3 Å². The third-order valence-corrected chi connectivity index (χ3v) is 6.40. The van der Waals surface area contributed by atoms with Gasteiger partial charge in [-0.05, 0) is 56.3 Å². The van der Waals surface area contributed by atoms with Crippen LogP contribution in [0.25, 0.3) is 0 Å². The zero-order valence-corrected chi connectivity index (χ0v) is 17.5. The van der Waals surface area contributed by atoms with Gasteiger partial charge in [-0.2, -0.15) is 0 Å². The summed E-state index contributed by atoms with van der Waals surface area (Å²) in [5.74, 6) is 0.849. The molecule has 3 heteroatoms. The van der Waals surface area contributed by atoms with E-state index in [0.717, 1.165) is 18.4 Å². The molecule has 0 unspecified atom stereocenters. The van der Waals surface area contributed by atoms with Crippen LogP contribution in [0.1, 0.15) is 58.6 Å². The van der Waals surface area contributed by atoms with Gasteiger partial charge in [0.25, 0.3) is 0 Å². The molecule has 134 valence electrons. The van der Waals surface area contributed by atoms with Crippen LogP contribution in [0, 0.1) is 16.7 Å². The molecule has 1 fully saturated rings. The second-order valence-corrected chi connectivity index (χ2v) is 14.1. The van der Waals surface area contributed by atoms with E-state index in [2.05, 4.69) is 59.5 Å². The Kier molecular flexibility index (Phi) is 5.46. The molecule has 0 bridgehead atoms. The predicted octanol–water partition coefficient (Wildman–Crippen LogP) is 6.00. The molecule has 0 amide bonds. The van der Waals surface area contributed by atoms with Crippen LogP contribution in [-0.4, -0.2) is 14.1 Å². The van der Waals surface area contributed by atoms with Crippen molar-refractivity contribution in [2.24, 2.45) is 16.7 Å². The normalized spacial score (nSPS) is 27.1. The number of carbonyl (C=O) groups excluding carboxylic acids is 1. The van der Waals surface area contributed by atoms with Crippen molar-refractivity contribution >= 4 is 14.1 Å². The summed E-state index contributed by atoms with van der Waals surface area (Å²) in [5, 5.41) is 0. The molecule has 24 heavy (non-hydrogen) atoms. The summed E-state index contributed by atoms with van der Waals surface area (Å²) in [6.07, 6.45) is 2.57. The fourth-order valence-electron chi connectivity index (χ4n) is 3.74. The van der Waals surface area contributed by atoms with Gasteiger partial charge in [0.05, 0.1) is 11.5 Å². The third-order valence-electron chi connectivity index (χ3n) is 5.46. The number of carbonyl (C=O) groups is 1. The van der Waals surface area contributed by atoms with E-state index in [1.54, 1.807) is 0 Å². The number of Topliss-reactive ketones (excluding diaryl/α,β-unsaturated/α-hetero) is 1. The third kappa shape index (κ3) is 4.37. The van der Waals surface area contributed by atoms with E-state index >= 15 is 0 Å². The van der Waals surface area contributed by atoms with Crippen LogP contribution in [0.4, 0.5) is 0 Å². The maximum atomic E-state index is 13.2. The van der Waals surface area contributed by atoms with Crippen LogP contribution in [0.2, 0.25) is 19.6 Å². The van der Waals surface area contributed by atoms with Crippen molar-refractivity contribution in [3.05, 3.63) is 35.9 Å². The monoisotopic (exact) mass is 346 g/mol. The first-order valence-corrected chi connectivity index (χ1v) is 12.6. The van der Waals surface area contributed by atoms with Crippen molar-refractivity contribution in [2.75, 3.05) is 0 Å². The highest BCUT2D eigenvalue weighted by molar-refractivity contribution is 6.69. The van der Waals surface area contributed by atoms with Crippen LogP contribution in [-0.2, 0) is 9.22 Å². The van der Waals surface area contributed by atoms with Crippen molar-refractivity contribution in [1.82, 2.24) is 0 Å². The van der Waals surface area contributed by atoms with Crippen LogP contribution >= 0.6 is 0 Å². The van der Waals surface area contributed by atoms with Crippen LogP contribution in [0.15, 0.2) is 30.3 Å². The molecule has 0 spiro atoms. The Morgan fingerprint density at radius 3 is 2.21 bits per heavy atom. The first-order chi connectivity index (χ1) is 10.9. The van der Waals surface area contributed by atoms with Crippen LogP contribution in [0.3, 0.4) is 0 Å². The second kappa shape index (κ2) is 6.76. The maximum absolute atomic E-state index is 13.2. The van der Waals surface area contributed by atoms with E-state index in [9.17, 15) is 4.79 Å². The molecule has 0 radical (unpaired) electrons. The Morgan fingerprint density at radius 2 is 1.75 bits per heavy atom. The van der Waals surface area contributed by atoms with Gasteiger partial charge in [-0.3, -0.25) is 4.79 Å². The summed E-state index contributed by atoms with van der Waals surface area (Å²) < 4.78 is 6.58. The van der Waals surface area contributed by atoms with Gasteiger partial charge < -0.3 is 4.43 Å². The summed E-state index contributed by atoms with van der Waals surface area (Å²) in [7, 11) is -1.77. The lowest BCUT2D eigenvalue weighted by Gasteiger charge is -2.46. The van der Waals surface area contributed by atoms with Crippen molar-refractivity contribution in [3.63, 3.8) is 0 Å². The van der Waals surface area contributed by atoms with Gasteiger partial charge in [0, 0.05) is 6.42 Å². The summed E-state index contributed by atoms with van der Waals surface area (Å²) in [5.41, 5.74) is 0.924. The molecular formula is C21H34O2Si.